The molecule has 0 aromatic carbocycles. The number of thiazole rings is 1. The highest BCUT2D eigenvalue weighted by molar-refractivity contribution is 7.11. The van der Waals surface area contributed by atoms with E-state index in [0.29, 0.717) is 0 Å². The summed E-state index contributed by atoms with van der Waals surface area (Å²) in [5.41, 5.74) is 1.34. The molecule has 0 bridgehead atoms. The summed E-state index contributed by atoms with van der Waals surface area (Å²) in [6.45, 7) is 6.82. The standard InChI is InChI=1S/C13H22N2S/c1-3-5-12-10(2)16-13(15-12)8-11-6-4-7-14-9-11/h11,14H,3-9H2,1-2H3. The van der Waals surface area contributed by atoms with Gasteiger partial charge in [0, 0.05) is 11.3 Å². The maximum absolute atomic E-state index is 4.78. The topological polar surface area (TPSA) is 24.9 Å². The van der Waals surface area contributed by atoms with Gasteiger partial charge in [0.25, 0.3) is 0 Å². The number of nitrogens with one attached hydrogen (secondary N) is 1. The number of rotatable bonds is 4. The van der Waals surface area contributed by atoms with Gasteiger partial charge in [-0.3, -0.25) is 0 Å². The zero-order chi connectivity index (χ0) is 11.4. The van der Waals surface area contributed by atoms with E-state index in [1.807, 2.05) is 11.3 Å². The van der Waals surface area contributed by atoms with Crippen LogP contribution >= 0.6 is 11.3 Å². The van der Waals surface area contributed by atoms with Crippen molar-refractivity contribution >= 4 is 11.3 Å². The Hall–Kier alpha value is -0.410. The second-order valence-electron chi connectivity index (χ2n) is 4.78. The summed E-state index contributed by atoms with van der Waals surface area (Å²) >= 11 is 1.91. The molecule has 3 heteroatoms. The normalized spacial score (nSPS) is 21.2. The fourth-order valence-electron chi connectivity index (χ4n) is 2.39. The number of hydrogen-bond acceptors (Lipinski definition) is 3. The SMILES string of the molecule is CCCc1nc(CC2CCCNC2)sc1C. The minimum absolute atomic E-state index is 0.814. The van der Waals surface area contributed by atoms with Crippen LogP contribution in [0, 0.1) is 12.8 Å². The molecular weight excluding hydrogens is 216 g/mol. The number of piperidine rings is 1. The Balaban J connectivity index is 1.95. The zero-order valence-electron chi connectivity index (χ0n) is 10.4. The van der Waals surface area contributed by atoms with Crippen molar-refractivity contribution in [3.05, 3.63) is 15.6 Å². The van der Waals surface area contributed by atoms with Crippen molar-refractivity contribution in [3.8, 4) is 0 Å². The molecule has 1 fully saturated rings. The zero-order valence-corrected chi connectivity index (χ0v) is 11.2. The second kappa shape index (κ2) is 5.78. The van der Waals surface area contributed by atoms with Crippen molar-refractivity contribution in [3.63, 3.8) is 0 Å². The van der Waals surface area contributed by atoms with Crippen LogP contribution in [0.2, 0.25) is 0 Å². The minimum Gasteiger partial charge on any atom is -0.316 e. The summed E-state index contributed by atoms with van der Waals surface area (Å²) < 4.78 is 0. The van der Waals surface area contributed by atoms with Crippen LogP contribution in [0.3, 0.4) is 0 Å². The van der Waals surface area contributed by atoms with E-state index in [1.54, 1.807) is 0 Å². The predicted octanol–water partition coefficient (Wildman–Crippen LogP) is 2.95. The van der Waals surface area contributed by atoms with Crippen LogP contribution in [0.15, 0.2) is 0 Å². The summed E-state index contributed by atoms with van der Waals surface area (Å²) in [5.74, 6) is 0.814. The van der Waals surface area contributed by atoms with Gasteiger partial charge in [-0.2, -0.15) is 0 Å². The van der Waals surface area contributed by atoms with Gasteiger partial charge in [-0.05, 0) is 45.2 Å². The molecule has 1 aliphatic heterocycles. The van der Waals surface area contributed by atoms with Gasteiger partial charge in [-0.25, -0.2) is 4.98 Å². The van der Waals surface area contributed by atoms with Gasteiger partial charge in [0.05, 0.1) is 10.7 Å². The molecule has 2 heterocycles. The van der Waals surface area contributed by atoms with E-state index in [0.717, 1.165) is 12.3 Å². The van der Waals surface area contributed by atoms with Crippen molar-refractivity contribution in [2.75, 3.05) is 13.1 Å². The maximum atomic E-state index is 4.78. The van der Waals surface area contributed by atoms with Crippen molar-refractivity contribution in [2.24, 2.45) is 5.92 Å². The highest BCUT2D eigenvalue weighted by Crippen LogP contribution is 2.23. The first kappa shape index (κ1) is 12.1. The van der Waals surface area contributed by atoms with Crippen molar-refractivity contribution in [1.82, 2.24) is 10.3 Å². The fourth-order valence-corrected chi connectivity index (χ4v) is 3.48. The first-order chi connectivity index (χ1) is 7.79. The molecule has 0 radical (unpaired) electrons. The Labute approximate surface area is 102 Å². The highest BCUT2D eigenvalue weighted by atomic mass is 32.1. The van der Waals surface area contributed by atoms with E-state index in [-0.39, 0.29) is 0 Å². The lowest BCUT2D eigenvalue weighted by atomic mass is 9.97. The maximum Gasteiger partial charge on any atom is 0.0934 e. The molecule has 0 saturated carbocycles. The van der Waals surface area contributed by atoms with Gasteiger partial charge < -0.3 is 5.32 Å². The smallest absolute Gasteiger partial charge is 0.0934 e. The van der Waals surface area contributed by atoms with Crippen LogP contribution in [0.1, 0.15) is 41.8 Å². The van der Waals surface area contributed by atoms with E-state index in [9.17, 15) is 0 Å². The van der Waals surface area contributed by atoms with Crippen LogP contribution in [0.4, 0.5) is 0 Å². The van der Waals surface area contributed by atoms with Crippen molar-refractivity contribution in [1.29, 1.82) is 0 Å². The predicted molar refractivity (Wildman–Crippen MR) is 70.1 cm³/mol. The quantitative estimate of drug-likeness (QED) is 0.872. The molecule has 1 aromatic heterocycles. The van der Waals surface area contributed by atoms with Crippen LogP contribution < -0.4 is 5.32 Å². The Morgan fingerprint density at radius 2 is 2.38 bits per heavy atom. The monoisotopic (exact) mass is 238 g/mol. The molecule has 1 saturated heterocycles. The van der Waals surface area contributed by atoms with Gasteiger partial charge in [0.1, 0.15) is 0 Å². The molecular formula is C13H22N2S. The number of aromatic nitrogens is 1. The molecule has 90 valence electrons. The third-order valence-corrected chi connectivity index (χ3v) is 4.32. The van der Waals surface area contributed by atoms with E-state index in [2.05, 4.69) is 19.2 Å². The van der Waals surface area contributed by atoms with E-state index in [4.69, 9.17) is 4.98 Å². The largest absolute Gasteiger partial charge is 0.316 e. The Morgan fingerprint density at radius 3 is 3.06 bits per heavy atom. The van der Waals surface area contributed by atoms with E-state index in [1.165, 1.54) is 54.4 Å². The molecule has 0 amide bonds. The van der Waals surface area contributed by atoms with Gasteiger partial charge in [0.2, 0.25) is 0 Å². The summed E-state index contributed by atoms with van der Waals surface area (Å²) in [7, 11) is 0. The third-order valence-electron chi connectivity index (χ3n) is 3.29. The molecule has 1 unspecified atom stereocenters. The average Bonchev–Trinajstić information content (AvgIpc) is 2.61. The number of aryl methyl sites for hydroxylation is 2. The van der Waals surface area contributed by atoms with Crippen LogP contribution in [-0.4, -0.2) is 18.1 Å². The van der Waals surface area contributed by atoms with Gasteiger partial charge in [-0.1, -0.05) is 13.3 Å². The summed E-state index contributed by atoms with van der Waals surface area (Å²) in [6, 6.07) is 0. The van der Waals surface area contributed by atoms with Gasteiger partial charge in [-0.15, -0.1) is 11.3 Å². The second-order valence-corrected chi connectivity index (χ2v) is 6.06. The van der Waals surface area contributed by atoms with Crippen LogP contribution in [0.5, 0.6) is 0 Å². The van der Waals surface area contributed by atoms with E-state index < -0.39 is 0 Å². The molecule has 1 aromatic rings. The molecule has 1 aliphatic rings. The molecule has 1 N–H and O–H groups in total. The molecule has 2 nitrogen and oxygen atoms in total. The summed E-state index contributed by atoms with van der Waals surface area (Å²) in [5, 5.41) is 4.83. The summed E-state index contributed by atoms with van der Waals surface area (Å²) in [4.78, 5) is 6.22. The lowest BCUT2D eigenvalue weighted by Gasteiger charge is -2.21. The van der Waals surface area contributed by atoms with Crippen LogP contribution in [-0.2, 0) is 12.8 Å². The Kier molecular flexibility index (Phi) is 4.36. The Morgan fingerprint density at radius 1 is 1.50 bits per heavy atom. The van der Waals surface area contributed by atoms with Crippen LogP contribution in [0.25, 0.3) is 0 Å². The number of nitrogens with zero attached hydrogens (tertiary/aromatic N) is 1. The minimum atomic E-state index is 0.814. The highest BCUT2D eigenvalue weighted by Gasteiger charge is 2.16. The lowest BCUT2D eigenvalue weighted by molar-refractivity contribution is 0.375. The van der Waals surface area contributed by atoms with Crippen molar-refractivity contribution < 1.29 is 0 Å². The molecule has 0 aliphatic carbocycles. The lowest BCUT2D eigenvalue weighted by Crippen LogP contribution is -2.30. The molecule has 2 rings (SSSR count). The summed E-state index contributed by atoms with van der Waals surface area (Å²) in [6.07, 6.45) is 6.23. The van der Waals surface area contributed by atoms with Crippen molar-refractivity contribution in [2.45, 2.75) is 46.0 Å². The first-order valence-corrected chi connectivity index (χ1v) is 7.27. The first-order valence-electron chi connectivity index (χ1n) is 6.45. The average molecular weight is 238 g/mol. The molecule has 16 heavy (non-hydrogen) atoms. The Bertz CT molecular complexity index is 327. The van der Waals surface area contributed by atoms with Gasteiger partial charge >= 0.3 is 0 Å². The molecule has 1 atom stereocenters. The number of hydrogen-bond donors (Lipinski definition) is 1. The van der Waals surface area contributed by atoms with Gasteiger partial charge in [0.15, 0.2) is 0 Å². The fraction of sp³-hybridized carbons (Fsp3) is 0.769. The molecule has 0 spiro atoms. The van der Waals surface area contributed by atoms with E-state index >= 15 is 0 Å². The third kappa shape index (κ3) is 3.05.